The Labute approximate surface area is 146 Å². The maximum atomic E-state index is 13.1. The summed E-state index contributed by atoms with van der Waals surface area (Å²) in [6.45, 7) is 0.324. The lowest BCUT2D eigenvalue weighted by Crippen LogP contribution is -2.32. The zero-order valence-electron chi connectivity index (χ0n) is 13.6. The summed E-state index contributed by atoms with van der Waals surface area (Å²) < 4.78 is 41.6. The largest absolute Gasteiger partial charge is 0.241 e. The molecule has 1 saturated carbocycles. The highest BCUT2D eigenvalue weighted by molar-refractivity contribution is 7.89. The van der Waals surface area contributed by atoms with E-state index in [1.165, 1.54) is 12.1 Å². The molecule has 0 spiro atoms. The van der Waals surface area contributed by atoms with E-state index in [4.69, 9.17) is 0 Å². The van der Waals surface area contributed by atoms with Crippen LogP contribution in [0.25, 0.3) is 10.8 Å². The van der Waals surface area contributed by atoms with Crippen molar-refractivity contribution in [2.75, 3.05) is 6.54 Å². The van der Waals surface area contributed by atoms with Gasteiger partial charge in [0.1, 0.15) is 5.82 Å². The number of nitrogens with one attached hydrogen (secondary N) is 1. The van der Waals surface area contributed by atoms with Crippen LogP contribution in [0.3, 0.4) is 0 Å². The van der Waals surface area contributed by atoms with Crippen molar-refractivity contribution in [3.63, 3.8) is 0 Å². The fourth-order valence-corrected chi connectivity index (χ4v) is 4.62. The molecule has 1 aliphatic carbocycles. The van der Waals surface area contributed by atoms with Gasteiger partial charge < -0.3 is 0 Å². The van der Waals surface area contributed by atoms with Gasteiger partial charge in [0.05, 0.1) is 4.90 Å². The molecule has 0 amide bonds. The van der Waals surface area contributed by atoms with E-state index in [2.05, 4.69) is 4.72 Å². The van der Waals surface area contributed by atoms with Gasteiger partial charge >= 0.3 is 0 Å². The van der Waals surface area contributed by atoms with E-state index in [9.17, 15) is 12.8 Å². The molecule has 3 aromatic carbocycles. The first-order chi connectivity index (χ1) is 12.0. The molecule has 3 aromatic rings. The van der Waals surface area contributed by atoms with Gasteiger partial charge in [0, 0.05) is 17.3 Å². The lowest BCUT2D eigenvalue weighted by Gasteiger charge is -2.17. The topological polar surface area (TPSA) is 46.2 Å². The number of rotatable bonds is 5. The van der Waals surface area contributed by atoms with Crippen molar-refractivity contribution in [1.82, 2.24) is 4.72 Å². The van der Waals surface area contributed by atoms with Crippen LogP contribution in [0, 0.1) is 5.82 Å². The van der Waals surface area contributed by atoms with E-state index in [-0.39, 0.29) is 11.2 Å². The molecule has 0 aliphatic heterocycles. The Bertz CT molecular complexity index is 1020. The third-order valence-electron chi connectivity index (χ3n) is 4.95. The van der Waals surface area contributed by atoms with Crippen molar-refractivity contribution >= 4 is 20.8 Å². The fourth-order valence-electron chi connectivity index (χ4n) is 3.26. The van der Waals surface area contributed by atoms with Gasteiger partial charge in [-0.05, 0) is 42.0 Å². The number of benzene rings is 3. The lowest BCUT2D eigenvalue weighted by molar-refractivity contribution is 0.567. The SMILES string of the molecule is O=S(=O)(NCC1(c2ccc(F)cc2)CC1)c1cccc2ccccc12. The van der Waals surface area contributed by atoms with Crippen LogP contribution >= 0.6 is 0 Å². The maximum absolute atomic E-state index is 13.1. The molecule has 25 heavy (non-hydrogen) atoms. The molecule has 0 saturated heterocycles. The molecule has 0 radical (unpaired) electrons. The average molecular weight is 355 g/mol. The second-order valence-electron chi connectivity index (χ2n) is 6.59. The van der Waals surface area contributed by atoms with Gasteiger partial charge in [-0.2, -0.15) is 0 Å². The van der Waals surface area contributed by atoms with E-state index in [0.29, 0.717) is 16.8 Å². The summed E-state index contributed by atoms with van der Waals surface area (Å²) in [5, 5.41) is 1.61. The van der Waals surface area contributed by atoms with Crippen molar-refractivity contribution in [2.45, 2.75) is 23.2 Å². The third kappa shape index (κ3) is 3.05. The molecule has 0 unspecified atom stereocenters. The molecule has 3 nitrogen and oxygen atoms in total. The molecular weight excluding hydrogens is 337 g/mol. The van der Waals surface area contributed by atoms with E-state index in [1.54, 1.807) is 24.3 Å². The van der Waals surface area contributed by atoms with E-state index in [0.717, 1.165) is 23.8 Å². The van der Waals surface area contributed by atoms with Crippen LogP contribution in [0.1, 0.15) is 18.4 Å². The Morgan fingerprint density at radius 2 is 1.60 bits per heavy atom. The highest BCUT2D eigenvalue weighted by Crippen LogP contribution is 2.47. The van der Waals surface area contributed by atoms with Crippen molar-refractivity contribution in [1.29, 1.82) is 0 Å². The predicted octanol–water partition coefficient (Wildman–Crippen LogP) is 3.99. The first kappa shape index (κ1) is 16.2. The molecule has 128 valence electrons. The van der Waals surface area contributed by atoms with Crippen LogP contribution in [0.15, 0.2) is 71.6 Å². The van der Waals surface area contributed by atoms with Crippen LogP contribution in [0.5, 0.6) is 0 Å². The molecule has 1 aliphatic rings. The van der Waals surface area contributed by atoms with E-state index < -0.39 is 10.0 Å². The Hall–Kier alpha value is -2.24. The minimum Gasteiger partial charge on any atom is -0.210 e. The summed E-state index contributed by atoms with van der Waals surface area (Å²) in [4.78, 5) is 0.292. The Kier molecular flexibility index (Phi) is 3.85. The molecule has 0 atom stereocenters. The second-order valence-corrected chi connectivity index (χ2v) is 8.32. The average Bonchev–Trinajstić information content (AvgIpc) is 3.41. The lowest BCUT2D eigenvalue weighted by atomic mass is 9.96. The summed E-state index contributed by atoms with van der Waals surface area (Å²) in [5.41, 5.74) is 0.764. The van der Waals surface area contributed by atoms with Crippen LogP contribution in [0.2, 0.25) is 0 Å². The van der Waals surface area contributed by atoms with Gasteiger partial charge in [-0.15, -0.1) is 0 Å². The smallest absolute Gasteiger partial charge is 0.210 e. The predicted molar refractivity (Wildman–Crippen MR) is 96.4 cm³/mol. The van der Waals surface area contributed by atoms with Crippen LogP contribution < -0.4 is 4.72 Å². The molecule has 0 aromatic heterocycles. The molecule has 1 fully saturated rings. The second kappa shape index (κ2) is 5.93. The van der Waals surface area contributed by atoms with Gasteiger partial charge in [-0.1, -0.05) is 48.5 Å². The molecule has 0 heterocycles. The summed E-state index contributed by atoms with van der Waals surface area (Å²) in [7, 11) is -3.62. The molecular formula is C20H18FNO2S. The summed E-state index contributed by atoms with van der Waals surface area (Å²) in [6, 6.07) is 19.1. The van der Waals surface area contributed by atoms with Crippen LogP contribution in [-0.4, -0.2) is 15.0 Å². The fraction of sp³-hybridized carbons (Fsp3) is 0.200. The number of fused-ring (bicyclic) bond motifs is 1. The van der Waals surface area contributed by atoms with Gasteiger partial charge in [0.15, 0.2) is 0 Å². The first-order valence-corrected chi connectivity index (χ1v) is 9.72. The highest BCUT2D eigenvalue weighted by atomic mass is 32.2. The number of sulfonamides is 1. The molecule has 0 bridgehead atoms. The van der Waals surface area contributed by atoms with Gasteiger partial charge in [-0.25, -0.2) is 17.5 Å². The van der Waals surface area contributed by atoms with Crippen LogP contribution in [0.4, 0.5) is 4.39 Å². The van der Waals surface area contributed by atoms with E-state index in [1.807, 2.05) is 30.3 Å². The Morgan fingerprint density at radius 3 is 2.32 bits per heavy atom. The first-order valence-electron chi connectivity index (χ1n) is 8.24. The summed E-state index contributed by atoms with van der Waals surface area (Å²) >= 11 is 0. The quantitative estimate of drug-likeness (QED) is 0.752. The molecule has 4 rings (SSSR count). The van der Waals surface area contributed by atoms with Crippen molar-refractivity contribution < 1.29 is 12.8 Å². The van der Waals surface area contributed by atoms with Crippen molar-refractivity contribution in [3.05, 3.63) is 78.1 Å². The van der Waals surface area contributed by atoms with Gasteiger partial charge in [-0.3, -0.25) is 0 Å². The minimum atomic E-state index is -3.62. The minimum absolute atomic E-state index is 0.217. The zero-order valence-corrected chi connectivity index (χ0v) is 14.4. The highest BCUT2D eigenvalue weighted by Gasteiger charge is 2.44. The standard InChI is InChI=1S/C20H18FNO2S/c21-17-10-8-16(9-11-17)20(12-13-20)14-22-25(23,24)19-7-3-5-15-4-1-2-6-18(15)19/h1-11,22H,12-14H2. The van der Waals surface area contributed by atoms with Gasteiger partial charge in [0.2, 0.25) is 10.0 Å². The normalized spacial score (nSPS) is 16.0. The van der Waals surface area contributed by atoms with Crippen molar-refractivity contribution in [2.24, 2.45) is 0 Å². The number of halogens is 1. The summed E-state index contributed by atoms with van der Waals surface area (Å²) in [6.07, 6.45) is 1.80. The maximum Gasteiger partial charge on any atom is 0.241 e. The Balaban J connectivity index is 1.61. The molecule has 5 heteroatoms. The third-order valence-corrected chi connectivity index (χ3v) is 6.41. The number of hydrogen-bond donors (Lipinski definition) is 1. The molecule has 1 N–H and O–H groups in total. The monoisotopic (exact) mass is 355 g/mol. The Morgan fingerprint density at radius 1 is 0.920 bits per heavy atom. The van der Waals surface area contributed by atoms with Crippen LogP contribution in [-0.2, 0) is 15.4 Å². The van der Waals surface area contributed by atoms with E-state index >= 15 is 0 Å². The van der Waals surface area contributed by atoms with Crippen molar-refractivity contribution in [3.8, 4) is 0 Å². The zero-order chi connectivity index (χ0) is 17.5. The number of hydrogen-bond acceptors (Lipinski definition) is 2. The summed E-state index contributed by atoms with van der Waals surface area (Å²) in [5.74, 6) is -0.282. The van der Waals surface area contributed by atoms with Gasteiger partial charge in [0.25, 0.3) is 0 Å².